The molecule has 1 aliphatic heterocycles. The Balaban J connectivity index is 1.73. The van der Waals surface area contributed by atoms with E-state index in [0.717, 1.165) is 44.8 Å². The van der Waals surface area contributed by atoms with Crippen LogP contribution in [0.25, 0.3) is 11.0 Å². The highest BCUT2D eigenvalue weighted by atomic mass is 16.5. The summed E-state index contributed by atoms with van der Waals surface area (Å²) in [7, 11) is 0. The van der Waals surface area contributed by atoms with Gasteiger partial charge in [-0.2, -0.15) is 0 Å². The van der Waals surface area contributed by atoms with Crippen molar-refractivity contribution in [3.8, 4) is 5.75 Å². The molecule has 1 aliphatic rings. The molecule has 0 bridgehead atoms. The van der Waals surface area contributed by atoms with E-state index in [1.54, 1.807) is 13.0 Å². The van der Waals surface area contributed by atoms with Gasteiger partial charge in [-0.15, -0.1) is 0 Å². The quantitative estimate of drug-likeness (QED) is 0.497. The van der Waals surface area contributed by atoms with Gasteiger partial charge in [-0.25, -0.2) is 4.79 Å². The molecule has 0 spiro atoms. The van der Waals surface area contributed by atoms with Crippen LogP contribution in [0.1, 0.15) is 53.2 Å². The van der Waals surface area contributed by atoms with E-state index in [9.17, 15) is 19.5 Å². The van der Waals surface area contributed by atoms with Crippen LogP contribution in [-0.4, -0.2) is 54.9 Å². The van der Waals surface area contributed by atoms with Crippen molar-refractivity contribution in [2.24, 2.45) is 0 Å². The van der Waals surface area contributed by atoms with E-state index < -0.39 is 5.63 Å². The zero-order valence-corrected chi connectivity index (χ0v) is 17.7. The number of fused-ring (bicyclic) bond motifs is 1. The fourth-order valence-corrected chi connectivity index (χ4v) is 4.07. The van der Waals surface area contributed by atoms with Crippen molar-refractivity contribution in [2.75, 3.05) is 32.8 Å². The molecule has 7 nitrogen and oxygen atoms in total. The van der Waals surface area contributed by atoms with Crippen LogP contribution in [0.15, 0.2) is 15.3 Å². The second kappa shape index (κ2) is 10.00. The fraction of sp³-hybridized carbons (Fsp3) is 0.522. The summed E-state index contributed by atoms with van der Waals surface area (Å²) < 4.78 is 10.7. The number of carbonyl (C=O) groups excluding carboxylic acids is 2. The molecular weight excluding hydrogens is 386 g/mol. The van der Waals surface area contributed by atoms with Crippen molar-refractivity contribution in [2.45, 2.75) is 46.0 Å². The molecule has 2 heterocycles. The number of nitrogens with zero attached hydrogens (tertiary/aromatic N) is 1. The molecule has 3 rings (SSSR count). The zero-order valence-electron chi connectivity index (χ0n) is 17.7. The van der Waals surface area contributed by atoms with Gasteiger partial charge in [0, 0.05) is 36.9 Å². The number of phenolic OH excluding ortho intramolecular Hbond substituents is 1. The summed E-state index contributed by atoms with van der Waals surface area (Å²) in [5, 5.41) is 10.8. The van der Waals surface area contributed by atoms with Crippen LogP contribution in [0.5, 0.6) is 5.75 Å². The van der Waals surface area contributed by atoms with E-state index in [1.165, 1.54) is 0 Å². The van der Waals surface area contributed by atoms with Crippen LogP contribution < -0.4 is 5.63 Å². The summed E-state index contributed by atoms with van der Waals surface area (Å²) in [6.45, 7) is 7.80. The Labute approximate surface area is 175 Å². The minimum atomic E-state index is -0.549. The zero-order chi connectivity index (χ0) is 21.7. The number of carbonyl (C=O) groups is 2. The number of aryl methyl sites for hydroxylation is 2. The highest BCUT2D eigenvalue weighted by Crippen LogP contribution is 2.32. The second-order valence-corrected chi connectivity index (χ2v) is 7.75. The summed E-state index contributed by atoms with van der Waals surface area (Å²) in [5.74, 6) is -0.0498. The van der Waals surface area contributed by atoms with E-state index in [2.05, 4.69) is 4.90 Å². The molecule has 1 aromatic heterocycles. The highest BCUT2D eigenvalue weighted by molar-refractivity contribution is 5.99. The second-order valence-electron chi connectivity index (χ2n) is 7.75. The standard InChI is InChI=1S/C23H29NO6/c1-3-17-18(7-6-16(26)5-4-8-24-9-11-29-12-10-24)23(28)30-22-19(17)13-15(2)21(27)20(22)14-25/h13-14,27H,3-12H2,1-2H3. The summed E-state index contributed by atoms with van der Waals surface area (Å²) in [6.07, 6.45) is 2.95. The highest BCUT2D eigenvalue weighted by Gasteiger charge is 2.20. The predicted molar refractivity (Wildman–Crippen MR) is 113 cm³/mol. The molecule has 2 aromatic rings. The normalized spacial score (nSPS) is 14.9. The molecule has 30 heavy (non-hydrogen) atoms. The van der Waals surface area contributed by atoms with Crippen LogP contribution >= 0.6 is 0 Å². The number of rotatable bonds is 9. The molecule has 1 saturated heterocycles. The van der Waals surface area contributed by atoms with Crippen LogP contribution in [0.3, 0.4) is 0 Å². The molecule has 0 unspecified atom stereocenters. The minimum absolute atomic E-state index is 0.0115. The molecule has 0 aliphatic carbocycles. The SMILES string of the molecule is CCc1c(CCC(=O)CCCN2CCOCC2)c(=O)oc2c(C=O)c(O)c(C)cc12. The maximum Gasteiger partial charge on any atom is 0.339 e. The number of phenols is 1. The molecular formula is C23H29NO6. The monoisotopic (exact) mass is 415 g/mol. The summed E-state index contributed by atoms with van der Waals surface area (Å²) in [6, 6.07) is 1.73. The first-order chi connectivity index (χ1) is 14.5. The van der Waals surface area contributed by atoms with Crippen LogP contribution in [0, 0.1) is 6.92 Å². The molecule has 162 valence electrons. The Hall–Kier alpha value is -2.51. The lowest BCUT2D eigenvalue weighted by Gasteiger charge is -2.26. The number of ketones is 1. The molecule has 1 aromatic carbocycles. The van der Waals surface area contributed by atoms with E-state index in [0.29, 0.717) is 42.1 Å². The Morgan fingerprint density at radius 1 is 1.23 bits per heavy atom. The van der Waals surface area contributed by atoms with Crippen LogP contribution in [0.4, 0.5) is 0 Å². The van der Waals surface area contributed by atoms with Gasteiger partial charge in [-0.05, 0) is 49.9 Å². The van der Waals surface area contributed by atoms with Crippen molar-refractivity contribution in [1.29, 1.82) is 0 Å². The van der Waals surface area contributed by atoms with Crippen molar-refractivity contribution < 1.29 is 23.8 Å². The minimum Gasteiger partial charge on any atom is -0.507 e. The van der Waals surface area contributed by atoms with Gasteiger partial charge in [-0.1, -0.05) is 6.92 Å². The Morgan fingerprint density at radius 2 is 1.97 bits per heavy atom. The number of hydrogen-bond donors (Lipinski definition) is 1. The third-order valence-electron chi connectivity index (χ3n) is 5.77. The van der Waals surface area contributed by atoms with Crippen molar-refractivity contribution in [3.05, 3.63) is 38.7 Å². The van der Waals surface area contributed by atoms with E-state index >= 15 is 0 Å². The lowest BCUT2D eigenvalue weighted by molar-refractivity contribution is -0.119. The average Bonchev–Trinajstić information content (AvgIpc) is 2.74. The van der Waals surface area contributed by atoms with Gasteiger partial charge in [0.1, 0.15) is 11.5 Å². The number of ether oxygens (including phenoxy) is 1. The number of aromatic hydroxyl groups is 1. The van der Waals surface area contributed by atoms with Gasteiger partial charge in [-0.3, -0.25) is 14.5 Å². The van der Waals surface area contributed by atoms with Crippen molar-refractivity contribution in [3.63, 3.8) is 0 Å². The van der Waals surface area contributed by atoms with Gasteiger partial charge < -0.3 is 14.3 Å². The molecule has 1 fully saturated rings. The number of morpholine rings is 1. The first-order valence-electron chi connectivity index (χ1n) is 10.5. The predicted octanol–water partition coefficient (Wildman–Crippen LogP) is 2.80. The first kappa shape index (κ1) is 22.2. The largest absolute Gasteiger partial charge is 0.507 e. The van der Waals surface area contributed by atoms with Crippen molar-refractivity contribution >= 4 is 23.0 Å². The maximum atomic E-state index is 12.6. The number of aldehydes is 1. The van der Waals surface area contributed by atoms with E-state index in [-0.39, 0.29) is 29.1 Å². The summed E-state index contributed by atoms with van der Waals surface area (Å²) in [5.41, 5.74) is 1.34. The van der Waals surface area contributed by atoms with Gasteiger partial charge in [0.2, 0.25) is 0 Å². The van der Waals surface area contributed by atoms with Gasteiger partial charge in [0.25, 0.3) is 0 Å². The Bertz CT molecular complexity index is 988. The molecule has 0 atom stereocenters. The summed E-state index contributed by atoms with van der Waals surface area (Å²) in [4.78, 5) is 38.7. The van der Waals surface area contributed by atoms with Crippen molar-refractivity contribution in [1.82, 2.24) is 4.90 Å². The fourth-order valence-electron chi connectivity index (χ4n) is 4.07. The first-order valence-corrected chi connectivity index (χ1v) is 10.5. The average molecular weight is 415 g/mol. The Kier molecular flexibility index (Phi) is 7.39. The van der Waals surface area contributed by atoms with Crippen LogP contribution in [-0.2, 0) is 22.4 Å². The Morgan fingerprint density at radius 3 is 2.63 bits per heavy atom. The molecule has 0 saturated carbocycles. The molecule has 1 N–H and O–H groups in total. The smallest absolute Gasteiger partial charge is 0.339 e. The van der Waals surface area contributed by atoms with E-state index in [1.807, 2.05) is 6.92 Å². The molecule has 0 amide bonds. The number of hydrogen-bond acceptors (Lipinski definition) is 7. The van der Waals surface area contributed by atoms with Gasteiger partial charge in [0.05, 0.1) is 18.8 Å². The topological polar surface area (TPSA) is 97.0 Å². The van der Waals surface area contributed by atoms with Gasteiger partial charge in [0.15, 0.2) is 11.9 Å². The molecule has 0 radical (unpaired) electrons. The summed E-state index contributed by atoms with van der Waals surface area (Å²) >= 11 is 0. The third-order valence-corrected chi connectivity index (χ3v) is 5.77. The molecule has 7 heteroatoms. The number of Topliss-reactive ketones (excluding diaryl/α,β-unsaturated/α-hetero) is 1. The van der Waals surface area contributed by atoms with Crippen LogP contribution in [0.2, 0.25) is 0 Å². The lowest BCUT2D eigenvalue weighted by Crippen LogP contribution is -2.36. The van der Waals surface area contributed by atoms with Gasteiger partial charge >= 0.3 is 5.63 Å². The maximum absolute atomic E-state index is 12.6. The third kappa shape index (κ3) is 4.79. The van der Waals surface area contributed by atoms with E-state index in [4.69, 9.17) is 9.15 Å². The number of benzene rings is 1. The lowest BCUT2D eigenvalue weighted by atomic mass is 9.95.